The molecule has 1 aromatic carbocycles. The van der Waals surface area contributed by atoms with Crippen LogP contribution < -0.4 is 10.2 Å². The minimum atomic E-state index is -0.101. The number of amides is 1. The molecular formula is C21H26N4O2. The normalized spacial score (nSPS) is 18.3. The van der Waals surface area contributed by atoms with Crippen molar-refractivity contribution in [1.82, 2.24) is 15.3 Å². The van der Waals surface area contributed by atoms with Crippen molar-refractivity contribution < 1.29 is 9.53 Å². The Balaban J connectivity index is 1.63. The molecule has 1 aromatic heterocycles. The van der Waals surface area contributed by atoms with Gasteiger partial charge >= 0.3 is 0 Å². The second-order valence-electron chi connectivity index (χ2n) is 7.21. The Hall–Kier alpha value is -2.47. The smallest absolute Gasteiger partial charge is 0.270 e. The van der Waals surface area contributed by atoms with Crippen molar-refractivity contribution in [1.29, 1.82) is 0 Å². The largest absolute Gasteiger partial charge is 0.378 e. The van der Waals surface area contributed by atoms with Crippen LogP contribution in [0.15, 0.2) is 36.4 Å². The van der Waals surface area contributed by atoms with Crippen LogP contribution in [-0.4, -0.2) is 48.2 Å². The average Bonchev–Trinajstić information content (AvgIpc) is 2.75. The molecule has 0 bridgehead atoms. The summed E-state index contributed by atoms with van der Waals surface area (Å²) in [7, 11) is 0. The summed E-state index contributed by atoms with van der Waals surface area (Å²) in [5.41, 5.74) is 1.36. The molecule has 4 rings (SSSR count). The van der Waals surface area contributed by atoms with Crippen LogP contribution in [0.5, 0.6) is 0 Å². The Labute approximate surface area is 160 Å². The molecule has 0 unspecified atom stereocenters. The highest BCUT2D eigenvalue weighted by atomic mass is 16.5. The third-order valence-electron chi connectivity index (χ3n) is 5.25. The Bertz CT molecular complexity index is 769. The van der Waals surface area contributed by atoms with Gasteiger partial charge in [-0.3, -0.25) is 4.79 Å². The van der Waals surface area contributed by atoms with E-state index in [1.54, 1.807) is 0 Å². The van der Waals surface area contributed by atoms with E-state index in [2.05, 4.69) is 15.2 Å². The summed E-state index contributed by atoms with van der Waals surface area (Å²) in [6.45, 7) is 2.90. The van der Waals surface area contributed by atoms with E-state index < -0.39 is 0 Å². The average molecular weight is 366 g/mol. The lowest BCUT2D eigenvalue weighted by atomic mass is 9.95. The first-order chi connectivity index (χ1) is 13.3. The quantitative estimate of drug-likeness (QED) is 0.901. The van der Waals surface area contributed by atoms with E-state index >= 15 is 0 Å². The summed E-state index contributed by atoms with van der Waals surface area (Å²) >= 11 is 0. The van der Waals surface area contributed by atoms with Gasteiger partial charge in [-0.25, -0.2) is 9.97 Å². The highest BCUT2D eigenvalue weighted by molar-refractivity contribution is 5.93. The standard InChI is InChI=1S/C21H26N4O2/c26-21(22-17-9-5-2-6-10-17)18-15-19(25-11-13-27-14-12-25)24-20(23-18)16-7-3-1-4-8-16/h1,3-4,7-8,15,17H,2,5-6,9-14H2,(H,22,26). The molecule has 1 aliphatic carbocycles. The maximum Gasteiger partial charge on any atom is 0.270 e. The van der Waals surface area contributed by atoms with Gasteiger partial charge in [-0.2, -0.15) is 0 Å². The number of morpholine rings is 1. The number of carbonyl (C=O) groups is 1. The van der Waals surface area contributed by atoms with Gasteiger partial charge in [-0.05, 0) is 12.8 Å². The number of benzene rings is 1. The van der Waals surface area contributed by atoms with Gasteiger partial charge in [0.15, 0.2) is 5.82 Å². The Kier molecular flexibility index (Phi) is 5.63. The van der Waals surface area contributed by atoms with Gasteiger partial charge < -0.3 is 15.0 Å². The molecule has 1 N–H and O–H groups in total. The zero-order valence-electron chi connectivity index (χ0n) is 15.6. The van der Waals surface area contributed by atoms with E-state index in [1.165, 1.54) is 19.3 Å². The highest BCUT2D eigenvalue weighted by Crippen LogP contribution is 2.22. The van der Waals surface area contributed by atoms with E-state index in [0.29, 0.717) is 24.7 Å². The minimum Gasteiger partial charge on any atom is -0.378 e. The first kappa shape index (κ1) is 17.9. The van der Waals surface area contributed by atoms with Crippen LogP contribution in [0.4, 0.5) is 5.82 Å². The third-order valence-corrected chi connectivity index (χ3v) is 5.25. The van der Waals surface area contributed by atoms with Gasteiger partial charge in [-0.1, -0.05) is 49.6 Å². The number of carbonyl (C=O) groups excluding carboxylic acids is 1. The summed E-state index contributed by atoms with van der Waals surface area (Å²) in [5.74, 6) is 1.28. The van der Waals surface area contributed by atoms with Crippen LogP contribution in [0.3, 0.4) is 0 Å². The van der Waals surface area contributed by atoms with Crippen LogP contribution >= 0.6 is 0 Å². The van der Waals surface area contributed by atoms with E-state index in [4.69, 9.17) is 9.72 Å². The molecule has 6 nitrogen and oxygen atoms in total. The predicted molar refractivity (Wildman–Crippen MR) is 105 cm³/mol. The van der Waals surface area contributed by atoms with Gasteiger partial charge in [-0.15, -0.1) is 0 Å². The predicted octanol–water partition coefficient (Wildman–Crippen LogP) is 3.04. The molecule has 2 aliphatic rings. The van der Waals surface area contributed by atoms with Crippen molar-refractivity contribution in [2.45, 2.75) is 38.1 Å². The van der Waals surface area contributed by atoms with Crippen LogP contribution in [0, 0.1) is 0 Å². The monoisotopic (exact) mass is 366 g/mol. The molecular weight excluding hydrogens is 340 g/mol. The zero-order chi connectivity index (χ0) is 18.5. The molecule has 0 radical (unpaired) electrons. The van der Waals surface area contributed by atoms with E-state index in [-0.39, 0.29) is 11.9 Å². The fourth-order valence-electron chi connectivity index (χ4n) is 3.73. The van der Waals surface area contributed by atoms with Crippen molar-refractivity contribution in [3.05, 3.63) is 42.1 Å². The maximum atomic E-state index is 12.9. The number of ether oxygens (including phenoxy) is 1. The Morgan fingerprint density at radius 1 is 1.04 bits per heavy atom. The van der Waals surface area contributed by atoms with Gasteiger partial charge in [0.05, 0.1) is 13.2 Å². The lowest BCUT2D eigenvalue weighted by Crippen LogP contribution is -2.38. The van der Waals surface area contributed by atoms with E-state index in [9.17, 15) is 4.79 Å². The number of anilines is 1. The number of rotatable bonds is 4. The molecule has 1 aliphatic heterocycles. The number of hydrogen-bond acceptors (Lipinski definition) is 5. The first-order valence-corrected chi connectivity index (χ1v) is 9.88. The molecule has 1 saturated carbocycles. The molecule has 6 heteroatoms. The van der Waals surface area contributed by atoms with Crippen molar-refractivity contribution in [2.24, 2.45) is 0 Å². The minimum absolute atomic E-state index is 0.101. The van der Waals surface area contributed by atoms with Gasteiger partial charge in [0, 0.05) is 30.8 Å². The van der Waals surface area contributed by atoms with Gasteiger partial charge in [0.2, 0.25) is 0 Å². The third kappa shape index (κ3) is 4.45. The second kappa shape index (κ2) is 8.48. The first-order valence-electron chi connectivity index (χ1n) is 9.88. The Morgan fingerprint density at radius 3 is 2.52 bits per heavy atom. The number of nitrogens with zero attached hydrogens (tertiary/aromatic N) is 3. The van der Waals surface area contributed by atoms with Crippen LogP contribution in [0.2, 0.25) is 0 Å². The molecule has 1 amide bonds. The maximum absolute atomic E-state index is 12.9. The van der Waals surface area contributed by atoms with Crippen LogP contribution in [0.1, 0.15) is 42.6 Å². The molecule has 2 heterocycles. The zero-order valence-corrected chi connectivity index (χ0v) is 15.6. The van der Waals surface area contributed by atoms with E-state index in [0.717, 1.165) is 37.3 Å². The summed E-state index contributed by atoms with van der Waals surface area (Å²) in [5, 5.41) is 3.17. The topological polar surface area (TPSA) is 67.4 Å². The fraction of sp³-hybridized carbons (Fsp3) is 0.476. The molecule has 1 saturated heterocycles. The lowest BCUT2D eigenvalue weighted by molar-refractivity contribution is 0.0922. The highest BCUT2D eigenvalue weighted by Gasteiger charge is 2.21. The number of hydrogen-bond donors (Lipinski definition) is 1. The summed E-state index contributed by atoms with van der Waals surface area (Å²) in [6, 6.07) is 11.9. The SMILES string of the molecule is O=C(NC1CCCCC1)c1cc(N2CCOCC2)nc(-c2ccccc2)n1. The Morgan fingerprint density at radius 2 is 1.78 bits per heavy atom. The molecule has 2 fully saturated rings. The van der Waals surface area contributed by atoms with Crippen LogP contribution in [-0.2, 0) is 4.74 Å². The van der Waals surface area contributed by atoms with Gasteiger partial charge in [0.1, 0.15) is 11.5 Å². The fourth-order valence-corrected chi connectivity index (χ4v) is 3.73. The molecule has 0 spiro atoms. The van der Waals surface area contributed by atoms with Crippen molar-refractivity contribution >= 4 is 11.7 Å². The number of aromatic nitrogens is 2. The molecule has 0 atom stereocenters. The van der Waals surface area contributed by atoms with Gasteiger partial charge in [0.25, 0.3) is 5.91 Å². The van der Waals surface area contributed by atoms with E-state index in [1.807, 2.05) is 36.4 Å². The summed E-state index contributed by atoms with van der Waals surface area (Å²) < 4.78 is 5.45. The molecule has 2 aromatic rings. The lowest BCUT2D eigenvalue weighted by Gasteiger charge is -2.28. The van der Waals surface area contributed by atoms with Crippen LogP contribution in [0.25, 0.3) is 11.4 Å². The van der Waals surface area contributed by atoms with Crippen molar-refractivity contribution in [3.63, 3.8) is 0 Å². The molecule has 27 heavy (non-hydrogen) atoms. The number of nitrogens with one attached hydrogen (secondary N) is 1. The summed E-state index contributed by atoms with van der Waals surface area (Å²) in [4.78, 5) is 24.4. The summed E-state index contributed by atoms with van der Waals surface area (Å²) in [6.07, 6.45) is 5.74. The van der Waals surface area contributed by atoms with Crippen molar-refractivity contribution in [3.8, 4) is 11.4 Å². The van der Waals surface area contributed by atoms with Crippen molar-refractivity contribution in [2.75, 3.05) is 31.2 Å². The molecule has 142 valence electrons. The second-order valence-corrected chi connectivity index (χ2v) is 7.21.